The molecule has 0 aromatic heterocycles. The van der Waals surface area contributed by atoms with Gasteiger partial charge in [-0.15, -0.1) is 0 Å². The summed E-state index contributed by atoms with van der Waals surface area (Å²) in [5.74, 6) is -1.23. The third-order valence-electron chi connectivity index (χ3n) is 7.70. The van der Waals surface area contributed by atoms with Crippen LogP contribution in [0.1, 0.15) is 128 Å². The molecule has 4 amide bonds. The Morgan fingerprint density at radius 3 is 2.26 bits per heavy atom. The van der Waals surface area contributed by atoms with Gasteiger partial charge in [0.15, 0.2) is 0 Å². The first kappa shape index (κ1) is 35.1. The molecule has 2 atom stereocenters. The fraction of sp³-hybridized carbons (Fsp3) is 0.697. The maximum atomic E-state index is 14.4. The molecule has 1 aromatic carbocycles. The van der Waals surface area contributed by atoms with Gasteiger partial charge in [-0.05, 0) is 64.5 Å². The minimum absolute atomic E-state index is 0.00510. The molecule has 1 aliphatic rings. The first-order valence-corrected chi connectivity index (χ1v) is 15.9. The van der Waals surface area contributed by atoms with E-state index in [2.05, 4.69) is 17.6 Å². The van der Waals surface area contributed by atoms with E-state index in [1.54, 1.807) is 25.7 Å². The first-order chi connectivity index (χ1) is 19.9. The molecule has 0 heterocycles. The number of unbranched alkanes of at least 4 members (excludes halogenated alkanes) is 5. The predicted octanol–water partition coefficient (Wildman–Crippen LogP) is 5.83. The summed E-state index contributed by atoms with van der Waals surface area (Å²) in [6.45, 7) is 9.66. The van der Waals surface area contributed by atoms with Crippen LogP contribution >= 0.6 is 0 Å². The van der Waals surface area contributed by atoms with Crippen LogP contribution in [0.15, 0.2) is 24.3 Å². The van der Waals surface area contributed by atoms with Crippen LogP contribution in [0.5, 0.6) is 0 Å². The normalized spacial score (nSPS) is 15.4. The number of ether oxygens (including phenoxy) is 1. The van der Waals surface area contributed by atoms with Gasteiger partial charge in [0.2, 0.25) is 17.7 Å². The van der Waals surface area contributed by atoms with Gasteiger partial charge in [0.1, 0.15) is 17.7 Å². The number of nitrogens with two attached hydrogens (primary N) is 1. The second-order valence-corrected chi connectivity index (χ2v) is 12.6. The van der Waals surface area contributed by atoms with Crippen molar-refractivity contribution >= 4 is 23.8 Å². The van der Waals surface area contributed by atoms with Crippen LogP contribution in [0.2, 0.25) is 0 Å². The highest BCUT2D eigenvalue weighted by atomic mass is 16.6. The first-order valence-electron chi connectivity index (χ1n) is 15.9. The number of primary amides is 1. The standard InChI is InChI=1S/C33H54N4O5/c1-6-7-8-9-10-16-23-37(31(40)27(21-22-28(34)38)36-32(41)42-33(3,4)5)29(26-20-15-14-17-24(26)2)30(39)35-25-18-12-11-13-19-25/h14-15,17,20,25,27,29H,6-13,16,18-19,21-23H2,1-5H3,(H2,34,38)(H,35,39)(H,36,41). The Morgan fingerprint density at radius 1 is 1.00 bits per heavy atom. The fourth-order valence-electron chi connectivity index (χ4n) is 5.49. The number of hydrogen-bond donors (Lipinski definition) is 3. The van der Waals surface area contributed by atoms with Crippen molar-refractivity contribution in [2.75, 3.05) is 6.54 Å². The monoisotopic (exact) mass is 586 g/mol. The number of nitrogens with one attached hydrogen (secondary N) is 2. The molecular weight excluding hydrogens is 532 g/mol. The highest BCUT2D eigenvalue weighted by Crippen LogP contribution is 2.28. The maximum absolute atomic E-state index is 14.4. The van der Waals surface area contributed by atoms with Gasteiger partial charge in [0, 0.05) is 19.0 Å². The van der Waals surface area contributed by atoms with Crippen LogP contribution in [0.3, 0.4) is 0 Å². The van der Waals surface area contributed by atoms with E-state index in [0.29, 0.717) is 13.0 Å². The van der Waals surface area contributed by atoms with Crippen LogP contribution in [0, 0.1) is 6.92 Å². The molecule has 0 aliphatic heterocycles. The summed E-state index contributed by atoms with van der Waals surface area (Å²) < 4.78 is 5.44. The zero-order chi connectivity index (χ0) is 31.1. The molecule has 4 N–H and O–H groups in total. The van der Waals surface area contributed by atoms with E-state index >= 15 is 0 Å². The van der Waals surface area contributed by atoms with E-state index < -0.39 is 35.6 Å². The zero-order valence-corrected chi connectivity index (χ0v) is 26.5. The molecule has 0 bridgehead atoms. The van der Waals surface area contributed by atoms with E-state index in [9.17, 15) is 19.2 Å². The molecule has 0 saturated heterocycles. The molecule has 2 unspecified atom stereocenters. The largest absolute Gasteiger partial charge is 0.444 e. The number of aryl methyl sites for hydroxylation is 1. The summed E-state index contributed by atoms with van der Waals surface area (Å²) in [6.07, 6.45) is 10.4. The minimum Gasteiger partial charge on any atom is -0.444 e. The van der Waals surface area contributed by atoms with Gasteiger partial charge in [-0.1, -0.05) is 82.6 Å². The van der Waals surface area contributed by atoms with Crippen LogP contribution < -0.4 is 16.4 Å². The highest BCUT2D eigenvalue weighted by Gasteiger charge is 2.37. The van der Waals surface area contributed by atoms with Crippen LogP contribution in [-0.4, -0.2) is 52.9 Å². The Labute approximate surface area is 252 Å². The van der Waals surface area contributed by atoms with Crippen molar-refractivity contribution in [2.45, 2.75) is 142 Å². The lowest BCUT2D eigenvalue weighted by molar-refractivity contribution is -0.143. The van der Waals surface area contributed by atoms with E-state index in [4.69, 9.17) is 10.5 Å². The Kier molecular flexibility index (Phi) is 14.8. The van der Waals surface area contributed by atoms with E-state index in [1.807, 2.05) is 31.2 Å². The number of benzene rings is 1. The smallest absolute Gasteiger partial charge is 0.408 e. The van der Waals surface area contributed by atoms with Gasteiger partial charge in [-0.3, -0.25) is 14.4 Å². The second-order valence-electron chi connectivity index (χ2n) is 12.6. The van der Waals surface area contributed by atoms with Crippen LogP contribution in [-0.2, 0) is 19.1 Å². The Bertz CT molecular complexity index is 1020. The van der Waals surface area contributed by atoms with E-state index in [1.165, 1.54) is 0 Å². The third-order valence-corrected chi connectivity index (χ3v) is 7.70. The number of alkyl carbamates (subject to hydrolysis) is 1. The predicted molar refractivity (Wildman–Crippen MR) is 166 cm³/mol. The van der Waals surface area contributed by atoms with Crippen LogP contribution in [0.25, 0.3) is 0 Å². The van der Waals surface area contributed by atoms with Crippen molar-refractivity contribution in [1.82, 2.24) is 15.5 Å². The maximum Gasteiger partial charge on any atom is 0.408 e. The molecule has 9 heteroatoms. The molecule has 1 saturated carbocycles. The number of rotatable bonds is 16. The van der Waals surface area contributed by atoms with Crippen molar-refractivity contribution in [1.29, 1.82) is 0 Å². The van der Waals surface area contributed by atoms with Crippen molar-refractivity contribution < 1.29 is 23.9 Å². The van der Waals surface area contributed by atoms with E-state index in [0.717, 1.165) is 75.3 Å². The van der Waals surface area contributed by atoms with Gasteiger partial charge >= 0.3 is 6.09 Å². The van der Waals surface area contributed by atoms with Gasteiger partial charge in [-0.2, -0.15) is 0 Å². The number of amides is 4. The molecule has 42 heavy (non-hydrogen) atoms. The number of nitrogens with zero attached hydrogens (tertiary/aromatic N) is 1. The van der Waals surface area contributed by atoms with Crippen molar-refractivity contribution in [3.63, 3.8) is 0 Å². The number of hydrogen-bond acceptors (Lipinski definition) is 5. The summed E-state index contributed by atoms with van der Waals surface area (Å²) in [6, 6.07) is 5.72. The Morgan fingerprint density at radius 2 is 1.64 bits per heavy atom. The number of carbonyl (C=O) groups excluding carboxylic acids is 4. The van der Waals surface area contributed by atoms with Gasteiger partial charge in [0.05, 0.1) is 0 Å². The summed E-state index contributed by atoms with van der Waals surface area (Å²) in [5.41, 5.74) is 6.31. The molecule has 0 spiro atoms. The molecule has 2 rings (SSSR count). The minimum atomic E-state index is -1.08. The summed E-state index contributed by atoms with van der Waals surface area (Å²) in [4.78, 5) is 54.6. The van der Waals surface area contributed by atoms with Crippen molar-refractivity contribution in [2.24, 2.45) is 5.73 Å². The summed E-state index contributed by atoms with van der Waals surface area (Å²) >= 11 is 0. The van der Waals surface area contributed by atoms with E-state index in [-0.39, 0.29) is 24.8 Å². The average molecular weight is 587 g/mol. The molecule has 1 aromatic rings. The average Bonchev–Trinajstić information content (AvgIpc) is 2.92. The molecular formula is C33H54N4O5. The summed E-state index contributed by atoms with van der Waals surface area (Å²) in [7, 11) is 0. The van der Waals surface area contributed by atoms with Crippen molar-refractivity contribution in [3.8, 4) is 0 Å². The molecule has 1 fully saturated rings. The zero-order valence-electron chi connectivity index (χ0n) is 26.5. The topological polar surface area (TPSA) is 131 Å². The quantitative estimate of drug-likeness (QED) is 0.210. The molecule has 1 aliphatic carbocycles. The Balaban J connectivity index is 2.46. The highest BCUT2D eigenvalue weighted by molar-refractivity contribution is 5.92. The van der Waals surface area contributed by atoms with Crippen molar-refractivity contribution in [3.05, 3.63) is 35.4 Å². The second kappa shape index (κ2) is 17.8. The third kappa shape index (κ3) is 12.4. The molecule has 9 nitrogen and oxygen atoms in total. The lowest BCUT2D eigenvalue weighted by Gasteiger charge is -2.36. The molecule has 0 radical (unpaired) electrons. The summed E-state index contributed by atoms with van der Waals surface area (Å²) in [5, 5.41) is 5.92. The fourth-order valence-corrected chi connectivity index (χ4v) is 5.49. The van der Waals surface area contributed by atoms with Gasteiger partial charge in [0.25, 0.3) is 0 Å². The molecule has 236 valence electrons. The Hall–Kier alpha value is -3.10. The number of carbonyl (C=O) groups is 4. The lowest BCUT2D eigenvalue weighted by atomic mass is 9.93. The lowest BCUT2D eigenvalue weighted by Crippen LogP contribution is -2.54. The van der Waals surface area contributed by atoms with Gasteiger partial charge < -0.3 is 26.0 Å². The van der Waals surface area contributed by atoms with Gasteiger partial charge in [-0.25, -0.2) is 4.79 Å². The van der Waals surface area contributed by atoms with Crippen LogP contribution in [0.4, 0.5) is 4.79 Å². The SMILES string of the molecule is CCCCCCCCN(C(=O)C(CCC(N)=O)NC(=O)OC(C)(C)C)C(C(=O)NC1CCCCC1)c1ccccc1C.